The molecule has 2 atom stereocenters. The minimum absolute atomic E-state index is 0.313. The number of carboxylic acid groups (broad SMARTS) is 1. The normalized spacial score (nSPS) is 14.6. The zero-order chi connectivity index (χ0) is 18.9. The highest BCUT2D eigenvalue weighted by Gasteiger charge is 2.30. The number of aliphatic carboxylic acids is 1. The Kier molecular flexibility index (Phi) is 8.76. The van der Waals surface area contributed by atoms with Crippen molar-refractivity contribution in [3.8, 4) is 11.5 Å². The maximum absolute atomic E-state index is 11.2. The predicted octanol–water partition coefficient (Wildman–Crippen LogP) is 4.03. The van der Waals surface area contributed by atoms with E-state index in [0.29, 0.717) is 25.6 Å². The Labute approximate surface area is 151 Å². The summed E-state index contributed by atoms with van der Waals surface area (Å²) in [6, 6.07) is 6.02. The highest BCUT2D eigenvalue weighted by atomic mass is 16.5. The second-order valence-electron chi connectivity index (χ2n) is 6.77. The van der Waals surface area contributed by atoms with Crippen LogP contribution >= 0.6 is 0 Å². The first-order valence-electron chi connectivity index (χ1n) is 9.24. The number of nitrogens with two attached hydrogens (primary N) is 1. The molecule has 0 radical (unpaired) electrons. The minimum Gasteiger partial charge on any atom is -0.494 e. The van der Waals surface area contributed by atoms with Crippen molar-refractivity contribution in [1.29, 1.82) is 0 Å². The largest absolute Gasteiger partial charge is 0.494 e. The van der Waals surface area contributed by atoms with Crippen molar-refractivity contribution in [2.24, 2.45) is 11.7 Å². The summed E-state index contributed by atoms with van der Waals surface area (Å²) in [5.41, 5.74) is 5.92. The number of hydrogen-bond donors (Lipinski definition) is 2. The third-order valence-corrected chi connectivity index (χ3v) is 4.42. The molecule has 0 aliphatic carbocycles. The Balaban J connectivity index is 2.65. The molecule has 3 N–H and O–H groups in total. The number of carbonyl (C=O) groups is 1. The number of ether oxygens (including phenoxy) is 2. The summed E-state index contributed by atoms with van der Waals surface area (Å²) in [4.78, 5) is 11.2. The SMILES string of the molecule is CCOc1cc(CCCC(CC)CC(C)(N)C(=O)O)cc(OCC)c1. The van der Waals surface area contributed by atoms with Crippen molar-refractivity contribution in [1.82, 2.24) is 0 Å². The Morgan fingerprint density at radius 2 is 1.72 bits per heavy atom. The lowest BCUT2D eigenvalue weighted by Gasteiger charge is -2.25. The van der Waals surface area contributed by atoms with E-state index in [1.807, 2.05) is 19.9 Å². The van der Waals surface area contributed by atoms with Crippen LogP contribution in [0.5, 0.6) is 11.5 Å². The molecule has 0 spiro atoms. The molecule has 0 aliphatic rings. The fourth-order valence-electron chi connectivity index (χ4n) is 3.01. The van der Waals surface area contributed by atoms with E-state index >= 15 is 0 Å². The summed E-state index contributed by atoms with van der Waals surface area (Å²) in [6.07, 6.45) is 4.28. The number of carboxylic acids is 1. The van der Waals surface area contributed by atoms with Gasteiger partial charge in [-0.2, -0.15) is 0 Å². The van der Waals surface area contributed by atoms with Crippen LogP contribution < -0.4 is 15.2 Å². The number of hydrogen-bond acceptors (Lipinski definition) is 4. The fourth-order valence-corrected chi connectivity index (χ4v) is 3.01. The fraction of sp³-hybridized carbons (Fsp3) is 0.650. The Morgan fingerprint density at radius 1 is 1.16 bits per heavy atom. The van der Waals surface area contributed by atoms with Gasteiger partial charge in [0.25, 0.3) is 0 Å². The summed E-state index contributed by atoms with van der Waals surface area (Å²) in [6.45, 7) is 8.86. The van der Waals surface area contributed by atoms with Gasteiger partial charge in [-0.1, -0.05) is 19.8 Å². The lowest BCUT2D eigenvalue weighted by molar-refractivity contribution is -0.143. The van der Waals surface area contributed by atoms with Gasteiger partial charge in [0, 0.05) is 6.07 Å². The summed E-state index contributed by atoms with van der Waals surface area (Å²) >= 11 is 0. The van der Waals surface area contributed by atoms with Crippen LogP contribution in [0.3, 0.4) is 0 Å². The number of aryl methyl sites for hydroxylation is 1. The molecule has 1 aromatic rings. The van der Waals surface area contributed by atoms with Gasteiger partial charge in [0.05, 0.1) is 13.2 Å². The van der Waals surface area contributed by atoms with Gasteiger partial charge in [-0.15, -0.1) is 0 Å². The second kappa shape index (κ2) is 10.3. The maximum atomic E-state index is 11.2. The van der Waals surface area contributed by atoms with Gasteiger partial charge in [-0.25, -0.2) is 0 Å². The van der Waals surface area contributed by atoms with E-state index in [2.05, 4.69) is 19.1 Å². The Morgan fingerprint density at radius 3 is 2.16 bits per heavy atom. The van der Waals surface area contributed by atoms with Crippen molar-refractivity contribution in [3.63, 3.8) is 0 Å². The number of rotatable bonds is 12. The zero-order valence-electron chi connectivity index (χ0n) is 16.0. The summed E-state index contributed by atoms with van der Waals surface area (Å²) < 4.78 is 11.2. The quantitative estimate of drug-likeness (QED) is 0.594. The van der Waals surface area contributed by atoms with Crippen molar-refractivity contribution in [2.45, 2.75) is 65.3 Å². The molecule has 1 rings (SSSR count). The van der Waals surface area contributed by atoms with Crippen LogP contribution in [0, 0.1) is 5.92 Å². The first-order valence-corrected chi connectivity index (χ1v) is 9.24. The first kappa shape index (κ1) is 21.3. The monoisotopic (exact) mass is 351 g/mol. The minimum atomic E-state index is -1.16. The topological polar surface area (TPSA) is 81.8 Å². The molecule has 5 heteroatoms. The van der Waals surface area contributed by atoms with Crippen LogP contribution in [0.15, 0.2) is 18.2 Å². The van der Waals surface area contributed by atoms with E-state index in [9.17, 15) is 9.90 Å². The van der Waals surface area contributed by atoms with Gasteiger partial charge < -0.3 is 20.3 Å². The van der Waals surface area contributed by atoms with Crippen molar-refractivity contribution < 1.29 is 19.4 Å². The van der Waals surface area contributed by atoms with Crippen LogP contribution in [-0.4, -0.2) is 29.8 Å². The molecule has 0 heterocycles. The van der Waals surface area contributed by atoms with Gasteiger partial charge in [0.2, 0.25) is 0 Å². The predicted molar refractivity (Wildman–Crippen MR) is 100 cm³/mol. The molecular formula is C20H33NO4. The van der Waals surface area contributed by atoms with E-state index in [1.165, 1.54) is 5.56 Å². The van der Waals surface area contributed by atoms with Crippen LogP contribution in [0.2, 0.25) is 0 Å². The van der Waals surface area contributed by atoms with Crippen molar-refractivity contribution in [3.05, 3.63) is 23.8 Å². The smallest absolute Gasteiger partial charge is 0.323 e. The lowest BCUT2D eigenvalue weighted by atomic mass is 9.85. The third-order valence-electron chi connectivity index (χ3n) is 4.42. The number of benzene rings is 1. The van der Waals surface area contributed by atoms with Gasteiger partial charge >= 0.3 is 5.97 Å². The molecule has 2 unspecified atom stereocenters. The van der Waals surface area contributed by atoms with Gasteiger partial charge in [-0.05, 0) is 63.6 Å². The van der Waals surface area contributed by atoms with Crippen LogP contribution in [-0.2, 0) is 11.2 Å². The molecule has 0 aromatic heterocycles. The average Bonchev–Trinajstić information content (AvgIpc) is 2.54. The van der Waals surface area contributed by atoms with Crippen LogP contribution in [0.4, 0.5) is 0 Å². The summed E-state index contributed by atoms with van der Waals surface area (Å²) in [5.74, 6) is 1.04. The Bertz CT molecular complexity index is 518. The van der Waals surface area contributed by atoms with Crippen molar-refractivity contribution in [2.75, 3.05) is 13.2 Å². The average molecular weight is 351 g/mol. The zero-order valence-corrected chi connectivity index (χ0v) is 16.0. The van der Waals surface area contributed by atoms with E-state index in [4.69, 9.17) is 15.2 Å². The lowest BCUT2D eigenvalue weighted by Crippen LogP contribution is -2.46. The summed E-state index contributed by atoms with van der Waals surface area (Å²) in [5, 5.41) is 9.20. The molecule has 0 saturated heterocycles. The molecule has 0 amide bonds. The van der Waals surface area contributed by atoms with E-state index in [-0.39, 0.29) is 0 Å². The molecule has 1 aromatic carbocycles. The maximum Gasteiger partial charge on any atom is 0.323 e. The molecule has 5 nitrogen and oxygen atoms in total. The van der Waals surface area contributed by atoms with E-state index in [1.54, 1.807) is 6.92 Å². The molecule has 0 saturated carbocycles. The van der Waals surface area contributed by atoms with E-state index in [0.717, 1.165) is 37.2 Å². The Hall–Kier alpha value is -1.75. The van der Waals surface area contributed by atoms with Crippen molar-refractivity contribution >= 4 is 5.97 Å². The van der Waals surface area contributed by atoms with Gasteiger partial charge in [-0.3, -0.25) is 4.79 Å². The van der Waals surface area contributed by atoms with E-state index < -0.39 is 11.5 Å². The standard InChI is InChI=1S/C20H33NO4/c1-5-15(14-20(4,21)19(22)23)9-8-10-16-11-17(24-6-2)13-18(12-16)25-7-3/h11-13,15H,5-10,14,21H2,1-4H3,(H,22,23). The first-order chi connectivity index (χ1) is 11.8. The van der Waals surface area contributed by atoms with Crippen LogP contribution in [0.25, 0.3) is 0 Å². The molecule has 25 heavy (non-hydrogen) atoms. The molecule has 0 fully saturated rings. The highest BCUT2D eigenvalue weighted by molar-refractivity contribution is 5.77. The molecular weight excluding hydrogens is 318 g/mol. The van der Waals surface area contributed by atoms with Crippen LogP contribution in [0.1, 0.15) is 58.9 Å². The molecule has 142 valence electrons. The summed E-state index contributed by atoms with van der Waals surface area (Å²) in [7, 11) is 0. The highest BCUT2D eigenvalue weighted by Crippen LogP contribution is 2.27. The second-order valence-corrected chi connectivity index (χ2v) is 6.77. The third kappa shape index (κ3) is 7.34. The molecule has 0 bridgehead atoms. The molecule has 0 aliphatic heterocycles. The van der Waals surface area contributed by atoms with Gasteiger partial charge in [0.15, 0.2) is 0 Å². The van der Waals surface area contributed by atoms with Gasteiger partial charge in [0.1, 0.15) is 17.0 Å².